The number of benzene rings is 1. The third-order valence-corrected chi connectivity index (χ3v) is 2.50. The summed E-state index contributed by atoms with van der Waals surface area (Å²) in [7, 11) is 0. The number of carboxylic acid groups (broad SMARTS) is 1. The molecule has 0 fully saturated rings. The molecule has 0 saturated carbocycles. The Balaban J connectivity index is 2.27. The first-order valence-corrected chi connectivity index (χ1v) is 5.21. The molecule has 0 radical (unpaired) electrons. The molecule has 0 bridgehead atoms. The molecule has 0 atom stereocenters. The maximum atomic E-state index is 10.5. The fraction of sp³-hybridized carbons (Fsp3) is 0.273. The molecule has 2 aromatic rings. The van der Waals surface area contributed by atoms with Crippen molar-refractivity contribution in [3.8, 4) is 5.69 Å². The zero-order chi connectivity index (χ0) is 12.3. The molecule has 1 N–H and O–H groups in total. The van der Waals surface area contributed by atoms with E-state index in [0.29, 0.717) is 6.42 Å². The van der Waals surface area contributed by atoms with Gasteiger partial charge in [-0.2, -0.15) is 0 Å². The molecule has 1 aromatic carbocycles. The van der Waals surface area contributed by atoms with Crippen LogP contribution in [0, 0.1) is 6.92 Å². The zero-order valence-corrected chi connectivity index (χ0v) is 9.37. The van der Waals surface area contributed by atoms with Gasteiger partial charge in [-0.15, -0.1) is 5.10 Å². The highest BCUT2D eigenvalue weighted by Gasteiger charge is 2.05. The van der Waals surface area contributed by atoms with Gasteiger partial charge in [0.1, 0.15) is 6.33 Å². The van der Waals surface area contributed by atoms with Crippen LogP contribution in [-0.2, 0) is 11.2 Å². The summed E-state index contributed by atoms with van der Waals surface area (Å²) in [6.45, 7) is 1.96. The van der Waals surface area contributed by atoms with Crippen LogP contribution in [0.2, 0.25) is 0 Å². The molecule has 0 aliphatic rings. The Labute approximate surface area is 97.9 Å². The van der Waals surface area contributed by atoms with Crippen LogP contribution in [0.5, 0.6) is 0 Å². The number of carboxylic acids is 1. The van der Waals surface area contributed by atoms with Crippen molar-refractivity contribution >= 4 is 5.97 Å². The second-order valence-corrected chi connectivity index (χ2v) is 3.77. The number of hydrogen-bond acceptors (Lipinski definition) is 4. The largest absolute Gasteiger partial charge is 0.481 e. The number of aromatic nitrogens is 4. The minimum Gasteiger partial charge on any atom is -0.481 e. The van der Waals surface area contributed by atoms with E-state index >= 15 is 0 Å². The number of carbonyl (C=O) groups is 1. The molecule has 0 unspecified atom stereocenters. The molecule has 6 nitrogen and oxygen atoms in total. The number of nitrogens with zero attached hydrogens (tertiary/aromatic N) is 4. The SMILES string of the molecule is Cc1ccc(CCC(=O)O)cc1-n1cnnn1. The first kappa shape index (κ1) is 11.3. The van der Waals surface area contributed by atoms with E-state index in [9.17, 15) is 4.79 Å². The summed E-state index contributed by atoms with van der Waals surface area (Å²) in [5.74, 6) is -0.797. The summed E-state index contributed by atoms with van der Waals surface area (Å²) in [5, 5.41) is 19.6. The molecule has 1 aromatic heterocycles. The van der Waals surface area contributed by atoms with Gasteiger partial charge in [0, 0.05) is 6.42 Å². The highest BCUT2D eigenvalue weighted by molar-refractivity contribution is 5.67. The van der Waals surface area contributed by atoms with Crippen molar-refractivity contribution in [2.24, 2.45) is 0 Å². The van der Waals surface area contributed by atoms with Crippen molar-refractivity contribution in [3.63, 3.8) is 0 Å². The van der Waals surface area contributed by atoms with Crippen LogP contribution in [-0.4, -0.2) is 31.3 Å². The van der Waals surface area contributed by atoms with Gasteiger partial charge in [-0.25, -0.2) is 4.68 Å². The number of aliphatic carboxylic acids is 1. The predicted molar refractivity (Wildman–Crippen MR) is 59.8 cm³/mol. The first-order valence-electron chi connectivity index (χ1n) is 5.21. The molecule has 88 valence electrons. The van der Waals surface area contributed by atoms with E-state index in [2.05, 4.69) is 15.5 Å². The summed E-state index contributed by atoms with van der Waals surface area (Å²) in [4.78, 5) is 10.5. The smallest absolute Gasteiger partial charge is 0.303 e. The van der Waals surface area contributed by atoms with Gasteiger partial charge in [0.05, 0.1) is 5.69 Å². The Bertz CT molecular complexity index is 522. The van der Waals surface area contributed by atoms with Crippen LogP contribution in [0.4, 0.5) is 0 Å². The summed E-state index contributed by atoms with van der Waals surface area (Å²) in [6.07, 6.45) is 2.14. The fourth-order valence-electron chi connectivity index (χ4n) is 1.58. The topological polar surface area (TPSA) is 80.9 Å². The van der Waals surface area contributed by atoms with E-state index in [1.165, 1.54) is 6.33 Å². The summed E-state index contributed by atoms with van der Waals surface area (Å²) in [5.41, 5.74) is 2.87. The Morgan fingerprint density at radius 1 is 1.47 bits per heavy atom. The van der Waals surface area contributed by atoms with Crippen LogP contribution >= 0.6 is 0 Å². The molecule has 0 spiro atoms. The second kappa shape index (κ2) is 4.73. The van der Waals surface area contributed by atoms with E-state index in [4.69, 9.17) is 5.11 Å². The molecule has 1 heterocycles. The van der Waals surface area contributed by atoms with Gasteiger partial charge in [0.25, 0.3) is 0 Å². The molecular formula is C11H12N4O2. The summed E-state index contributed by atoms with van der Waals surface area (Å²) in [6, 6.07) is 5.77. The zero-order valence-electron chi connectivity index (χ0n) is 9.37. The Morgan fingerprint density at radius 2 is 2.29 bits per heavy atom. The molecule has 6 heteroatoms. The minimum absolute atomic E-state index is 0.123. The average Bonchev–Trinajstić information content (AvgIpc) is 2.81. The molecular weight excluding hydrogens is 220 g/mol. The van der Waals surface area contributed by atoms with E-state index < -0.39 is 5.97 Å². The van der Waals surface area contributed by atoms with Crippen molar-refractivity contribution in [1.82, 2.24) is 20.2 Å². The predicted octanol–water partition coefficient (Wildman–Crippen LogP) is 0.988. The number of rotatable bonds is 4. The Hall–Kier alpha value is -2.24. The number of tetrazole rings is 1. The average molecular weight is 232 g/mol. The van der Waals surface area contributed by atoms with Crippen LogP contribution in [0.3, 0.4) is 0 Å². The number of hydrogen-bond donors (Lipinski definition) is 1. The third kappa shape index (κ3) is 2.66. The molecule has 0 aliphatic heterocycles. The van der Waals surface area contributed by atoms with Gasteiger partial charge in [0.2, 0.25) is 0 Å². The lowest BCUT2D eigenvalue weighted by atomic mass is 10.1. The van der Waals surface area contributed by atoms with Gasteiger partial charge in [-0.05, 0) is 41.0 Å². The van der Waals surface area contributed by atoms with Crippen LogP contribution in [0.15, 0.2) is 24.5 Å². The van der Waals surface area contributed by atoms with E-state index in [1.54, 1.807) is 4.68 Å². The highest BCUT2D eigenvalue weighted by Crippen LogP contribution is 2.15. The molecule has 0 aliphatic carbocycles. The maximum absolute atomic E-state index is 10.5. The van der Waals surface area contributed by atoms with Crippen LogP contribution in [0.1, 0.15) is 17.5 Å². The van der Waals surface area contributed by atoms with Crippen molar-refractivity contribution < 1.29 is 9.90 Å². The van der Waals surface area contributed by atoms with Gasteiger partial charge >= 0.3 is 5.97 Å². The molecule has 0 saturated heterocycles. The standard InChI is InChI=1S/C11H12N4O2/c1-8-2-3-9(4-5-11(16)17)6-10(8)15-7-12-13-14-15/h2-3,6-7H,4-5H2,1H3,(H,16,17). The highest BCUT2D eigenvalue weighted by atomic mass is 16.4. The van der Waals surface area contributed by atoms with Crippen molar-refractivity contribution in [1.29, 1.82) is 0 Å². The van der Waals surface area contributed by atoms with Gasteiger partial charge in [-0.1, -0.05) is 12.1 Å². The summed E-state index contributed by atoms with van der Waals surface area (Å²) < 4.78 is 1.57. The monoisotopic (exact) mass is 232 g/mol. The lowest BCUT2D eigenvalue weighted by Gasteiger charge is -2.07. The quantitative estimate of drug-likeness (QED) is 0.850. The van der Waals surface area contributed by atoms with E-state index in [0.717, 1.165) is 16.8 Å². The maximum Gasteiger partial charge on any atom is 0.303 e. The van der Waals surface area contributed by atoms with E-state index in [1.807, 2.05) is 25.1 Å². The van der Waals surface area contributed by atoms with Crippen molar-refractivity contribution in [3.05, 3.63) is 35.7 Å². The molecule has 2 rings (SSSR count). The fourth-order valence-corrected chi connectivity index (χ4v) is 1.58. The molecule has 0 amide bonds. The third-order valence-electron chi connectivity index (χ3n) is 2.50. The van der Waals surface area contributed by atoms with Crippen molar-refractivity contribution in [2.75, 3.05) is 0 Å². The van der Waals surface area contributed by atoms with Crippen LogP contribution in [0.25, 0.3) is 5.69 Å². The lowest BCUT2D eigenvalue weighted by Crippen LogP contribution is -2.01. The van der Waals surface area contributed by atoms with Crippen molar-refractivity contribution in [2.45, 2.75) is 19.8 Å². The van der Waals surface area contributed by atoms with Gasteiger partial charge < -0.3 is 5.11 Å². The van der Waals surface area contributed by atoms with E-state index in [-0.39, 0.29) is 6.42 Å². The lowest BCUT2D eigenvalue weighted by molar-refractivity contribution is -0.136. The second-order valence-electron chi connectivity index (χ2n) is 3.77. The summed E-state index contributed by atoms with van der Waals surface area (Å²) >= 11 is 0. The Morgan fingerprint density at radius 3 is 2.94 bits per heavy atom. The number of aryl methyl sites for hydroxylation is 2. The van der Waals surface area contributed by atoms with Gasteiger partial charge in [-0.3, -0.25) is 4.79 Å². The normalized spacial score (nSPS) is 10.4. The molecule has 17 heavy (non-hydrogen) atoms. The van der Waals surface area contributed by atoms with Gasteiger partial charge in [0.15, 0.2) is 0 Å². The minimum atomic E-state index is -0.797. The van der Waals surface area contributed by atoms with Crippen LogP contribution < -0.4 is 0 Å². The Kier molecular flexibility index (Phi) is 3.13. The first-order chi connectivity index (χ1) is 8.16.